The number of nitrogens with two attached hydrogens (primary N) is 1. The Morgan fingerprint density at radius 1 is 1.64 bits per heavy atom. The summed E-state index contributed by atoms with van der Waals surface area (Å²) >= 11 is 1.72. The van der Waals surface area contributed by atoms with Gasteiger partial charge in [0.1, 0.15) is 0 Å². The second-order valence-corrected chi connectivity index (χ2v) is 4.38. The molecule has 80 valence electrons. The monoisotopic (exact) mass is 233 g/mol. The zero-order valence-corrected chi connectivity index (χ0v) is 9.69. The van der Waals surface area contributed by atoms with Crippen molar-refractivity contribution in [1.29, 1.82) is 0 Å². The van der Waals surface area contributed by atoms with E-state index in [0.29, 0.717) is 5.92 Å². The highest BCUT2D eigenvalue weighted by atomic mass is 35.5. The van der Waals surface area contributed by atoms with Crippen LogP contribution in [0.1, 0.15) is 12.8 Å². The minimum Gasteiger partial charge on any atom is -0.348 e. The summed E-state index contributed by atoms with van der Waals surface area (Å²) in [5, 5.41) is 3.18. The van der Waals surface area contributed by atoms with Gasteiger partial charge < -0.3 is 10.6 Å². The number of aromatic nitrogens is 1. The maximum Gasteiger partial charge on any atom is 0.185 e. The largest absolute Gasteiger partial charge is 0.348 e. The van der Waals surface area contributed by atoms with Crippen molar-refractivity contribution in [3.05, 3.63) is 11.6 Å². The van der Waals surface area contributed by atoms with Crippen molar-refractivity contribution in [3.8, 4) is 0 Å². The third-order valence-corrected chi connectivity index (χ3v) is 3.37. The molecule has 0 spiro atoms. The third kappa shape index (κ3) is 2.59. The average molecular weight is 234 g/mol. The lowest BCUT2D eigenvalue weighted by atomic mass is 9.99. The van der Waals surface area contributed by atoms with Crippen molar-refractivity contribution in [2.45, 2.75) is 12.8 Å². The van der Waals surface area contributed by atoms with E-state index in [9.17, 15) is 0 Å². The van der Waals surface area contributed by atoms with Crippen molar-refractivity contribution in [3.63, 3.8) is 0 Å². The second kappa shape index (κ2) is 5.53. The molecule has 0 aliphatic carbocycles. The van der Waals surface area contributed by atoms with E-state index < -0.39 is 0 Å². The Kier molecular flexibility index (Phi) is 4.65. The van der Waals surface area contributed by atoms with E-state index >= 15 is 0 Å². The van der Waals surface area contributed by atoms with Gasteiger partial charge in [-0.25, -0.2) is 4.98 Å². The normalized spacial score (nSPS) is 21.8. The molecule has 0 saturated carbocycles. The van der Waals surface area contributed by atoms with Gasteiger partial charge in [0.25, 0.3) is 0 Å². The highest BCUT2D eigenvalue weighted by Gasteiger charge is 2.19. The van der Waals surface area contributed by atoms with Gasteiger partial charge in [-0.1, -0.05) is 0 Å². The number of piperidine rings is 1. The summed E-state index contributed by atoms with van der Waals surface area (Å²) in [4.78, 5) is 6.67. The van der Waals surface area contributed by atoms with E-state index in [4.69, 9.17) is 5.73 Å². The molecule has 0 radical (unpaired) electrons. The van der Waals surface area contributed by atoms with E-state index in [1.165, 1.54) is 12.8 Å². The van der Waals surface area contributed by atoms with Crippen LogP contribution >= 0.6 is 23.7 Å². The maximum absolute atomic E-state index is 5.68. The number of nitrogens with zero attached hydrogens (tertiary/aromatic N) is 2. The Labute approximate surface area is 94.7 Å². The lowest BCUT2D eigenvalue weighted by Gasteiger charge is -2.31. The Morgan fingerprint density at radius 2 is 2.50 bits per heavy atom. The van der Waals surface area contributed by atoms with Crippen LogP contribution < -0.4 is 10.6 Å². The van der Waals surface area contributed by atoms with Crippen molar-refractivity contribution < 1.29 is 0 Å². The molecule has 1 saturated heterocycles. The molecule has 1 aromatic heterocycles. The molecule has 1 aliphatic rings. The third-order valence-electron chi connectivity index (χ3n) is 2.54. The van der Waals surface area contributed by atoms with Crippen LogP contribution in [0.25, 0.3) is 0 Å². The highest BCUT2D eigenvalue weighted by molar-refractivity contribution is 7.13. The van der Waals surface area contributed by atoms with Crippen molar-refractivity contribution in [1.82, 2.24) is 4.98 Å². The van der Waals surface area contributed by atoms with Crippen LogP contribution in [0.2, 0.25) is 0 Å². The van der Waals surface area contributed by atoms with Crippen LogP contribution in [0, 0.1) is 5.92 Å². The second-order valence-electron chi connectivity index (χ2n) is 3.50. The van der Waals surface area contributed by atoms with E-state index in [1.807, 2.05) is 11.6 Å². The SMILES string of the molecule is Cl.NCC1CCCN(c2nccs2)C1. The number of halogens is 1. The number of anilines is 1. The molecule has 2 rings (SSSR count). The van der Waals surface area contributed by atoms with Crippen molar-refractivity contribution >= 4 is 28.9 Å². The molecular formula is C9H16ClN3S. The van der Waals surface area contributed by atoms with E-state index in [-0.39, 0.29) is 12.4 Å². The minimum absolute atomic E-state index is 0. The summed E-state index contributed by atoms with van der Waals surface area (Å²) in [6, 6.07) is 0. The van der Waals surface area contributed by atoms with Crippen LogP contribution in [0.4, 0.5) is 5.13 Å². The molecule has 3 nitrogen and oxygen atoms in total. The summed E-state index contributed by atoms with van der Waals surface area (Å²) in [6.45, 7) is 3.04. The molecule has 5 heteroatoms. The van der Waals surface area contributed by atoms with Crippen molar-refractivity contribution in [2.24, 2.45) is 11.7 Å². The quantitative estimate of drug-likeness (QED) is 0.846. The van der Waals surface area contributed by atoms with Gasteiger partial charge >= 0.3 is 0 Å². The van der Waals surface area contributed by atoms with Gasteiger partial charge in [0.05, 0.1) is 0 Å². The topological polar surface area (TPSA) is 42.1 Å². The average Bonchev–Trinajstić information content (AvgIpc) is 2.71. The van der Waals surface area contributed by atoms with E-state index in [1.54, 1.807) is 11.3 Å². The predicted molar refractivity (Wildman–Crippen MR) is 63.4 cm³/mol. The molecule has 0 amide bonds. The van der Waals surface area contributed by atoms with E-state index in [2.05, 4.69) is 9.88 Å². The van der Waals surface area contributed by atoms with Gasteiger partial charge in [-0.2, -0.15) is 0 Å². The molecule has 2 N–H and O–H groups in total. The Morgan fingerprint density at radius 3 is 3.14 bits per heavy atom. The summed E-state index contributed by atoms with van der Waals surface area (Å²) < 4.78 is 0. The maximum atomic E-state index is 5.68. The fourth-order valence-corrected chi connectivity index (χ4v) is 2.48. The fraction of sp³-hybridized carbons (Fsp3) is 0.667. The first-order valence-electron chi connectivity index (χ1n) is 4.74. The molecule has 1 atom stereocenters. The lowest BCUT2D eigenvalue weighted by molar-refractivity contribution is 0.423. The first-order chi connectivity index (χ1) is 6.40. The highest BCUT2D eigenvalue weighted by Crippen LogP contribution is 2.23. The minimum atomic E-state index is 0. The van der Waals surface area contributed by atoms with Gasteiger partial charge in [0, 0.05) is 24.7 Å². The summed E-state index contributed by atoms with van der Waals surface area (Å²) in [7, 11) is 0. The number of rotatable bonds is 2. The van der Waals surface area contributed by atoms with Crippen LogP contribution in [0.15, 0.2) is 11.6 Å². The smallest absolute Gasteiger partial charge is 0.185 e. The van der Waals surface area contributed by atoms with Gasteiger partial charge in [-0.3, -0.25) is 0 Å². The van der Waals surface area contributed by atoms with Gasteiger partial charge in [0.15, 0.2) is 5.13 Å². The number of hydrogen-bond donors (Lipinski definition) is 1. The Bertz CT molecular complexity index is 253. The number of thiazole rings is 1. The molecule has 1 fully saturated rings. The Balaban J connectivity index is 0.000000980. The van der Waals surface area contributed by atoms with Gasteiger partial charge in [-0.15, -0.1) is 23.7 Å². The summed E-state index contributed by atoms with van der Waals surface area (Å²) in [5.74, 6) is 0.664. The molecule has 1 aromatic rings. The first kappa shape index (κ1) is 11.8. The predicted octanol–water partition coefficient (Wildman–Crippen LogP) is 1.74. The van der Waals surface area contributed by atoms with E-state index in [0.717, 1.165) is 24.8 Å². The molecule has 1 unspecified atom stereocenters. The van der Waals surface area contributed by atoms with Crippen LogP contribution in [0.5, 0.6) is 0 Å². The Hall–Kier alpha value is -0.320. The molecule has 0 aromatic carbocycles. The van der Waals surface area contributed by atoms with Gasteiger partial charge in [0.2, 0.25) is 0 Å². The van der Waals surface area contributed by atoms with Crippen LogP contribution in [-0.2, 0) is 0 Å². The molecule has 14 heavy (non-hydrogen) atoms. The summed E-state index contributed by atoms with van der Waals surface area (Å²) in [5.41, 5.74) is 5.68. The molecule has 2 heterocycles. The zero-order valence-electron chi connectivity index (χ0n) is 8.06. The first-order valence-corrected chi connectivity index (χ1v) is 5.62. The van der Waals surface area contributed by atoms with Crippen LogP contribution in [0.3, 0.4) is 0 Å². The number of hydrogen-bond acceptors (Lipinski definition) is 4. The van der Waals surface area contributed by atoms with Gasteiger partial charge in [-0.05, 0) is 25.3 Å². The standard InChI is InChI=1S/C9H15N3S.ClH/c10-6-8-2-1-4-12(7-8)9-11-3-5-13-9;/h3,5,8H,1-2,4,6-7,10H2;1H. The molecule has 1 aliphatic heterocycles. The zero-order chi connectivity index (χ0) is 9.10. The molecule has 0 bridgehead atoms. The van der Waals surface area contributed by atoms with Crippen LogP contribution in [-0.4, -0.2) is 24.6 Å². The summed E-state index contributed by atoms with van der Waals surface area (Å²) in [6.07, 6.45) is 4.39. The lowest BCUT2D eigenvalue weighted by Crippen LogP contribution is -2.38. The molecular weight excluding hydrogens is 218 g/mol. The van der Waals surface area contributed by atoms with Crippen molar-refractivity contribution in [2.75, 3.05) is 24.5 Å². The fourth-order valence-electron chi connectivity index (χ4n) is 1.80.